The fourth-order valence-corrected chi connectivity index (χ4v) is 2.03. The molecule has 0 unspecified atom stereocenters. The summed E-state index contributed by atoms with van der Waals surface area (Å²) in [7, 11) is 0. The number of hydrogen-bond acceptors (Lipinski definition) is 1. The van der Waals surface area contributed by atoms with E-state index in [1.54, 1.807) is 13.0 Å². The van der Waals surface area contributed by atoms with E-state index in [0.717, 1.165) is 12.1 Å². The van der Waals surface area contributed by atoms with E-state index in [9.17, 15) is 13.2 Å². The summed E-state index contributed by atoms with van der Waals surface area (Å²) in [5.74, 6) is 0. The maximum Gasteiger partial charge on any atom is 0.416 e. The molecule has 2 nitrogen and oxygen atoms in total. The SMILES string of the molecule is Cc1cc(Cl)nn1-c1ccc(C(F)(F)F)cc1Cl. The van der Waals surface area contributed by atoms with E-state index in [1.807, 2.05) is 0 Å². The van der Waals surface area contributed by atoms with E-state index in [1.165, 1.54) is 10.7 Å². The van der Waals surface area contributed by atoms with Gasteiger partial charge in [-0.05, 0) is 31.2 Å². The molecule has 0 bridgehead atoms. The lowest BCUT2D eigenvalue weighted by molar-refractivity contribution is -0.137. The monoisotopic (exact) mass is 294 g/mol. The highest BCUT2D eigenvalue weighted by Gasteiger charge is 2.31. The van der Waals surface area contributed by atoms with Gasteiger partial charge in [0.25, 0.3) is 0 Å². The third kappa shape index (κ3) is 2.47. The van der Waals surface area contributed by atoms with Crippen LogP contribution < -0.4 is 0 Å². The van der Waals surface area contributed by atoms with E-state index >= 15 is 0 Å². The molecule has 96 valence electrons. The molecular weight excluding hydrogens is 288 g/mol. The van der Waals surface area contributed by atoms with Crippen LogP contribution in [-0.4, -0.2) is 9.78 Å². The predicted molar refractivity (Wildman–Crippen MR) is 63.3 cm³/mol. The predicted octanol–water partition coefficient (Wildman–Crippen LogP) is 4.51. The van der Waals surface area contributed by atoms with Crippen molar-refractivity contribution in [3.05, 3.63) is 45.7 Å². The summed E-state index contributed by atoms with van der Waals surface area (Å²) < 4.78 is 38.8. The molecule has 1 aromatic heterocycles. The Morgan fingerprint density at radius 1 is 1.17 bits per heavy atom. The number of benzene rings is 1. The third-order valence-electron chi connectivity index (χ3n) is 2.36. The van der Waals surface area contributed by atoms with Gasteiger partial charge in [-0.15, -0.1) is 0 Å². The minimum Gasteiger partial charge on any atom is -0.235 e. The largest absolute Gasteiger partial charge is 0.416 e. The molecule has 0 aliphatic rings. The topological polar surface area (TPSA) is 17.8 Å². The fourth-order valence-electron chi connectivity index (χ4n) is 1.54. The Hall–Kier alpha value is -1.20. The number of hydrogen-bond donors (Lipinski definition) is 0. The maximum absolute atomic E-state index is 12.5. The number of alkyl halides is 3. The molecule has 0 N–H and O–H groups in total. The zero-order valence-electron chi connectivity index (χ0n) is 9.09. The van der Waals surface area contributed by atoms with Gasteiger partial charge in [-0.25, -0.2) is 4.68 Å². The van der Waals surface area contributed by atoms with Gasteiger partial charge in [0.1, 0.15) is 0 Å². The summed E-state index contributed by atoms with van der Waals surface area (Å²) in [5, 5.41) is 4.17. The molecule has 18 heavy (non-hydrogen) atoms. The minimum absolute atomic E-state index is 0.0345. The molecule has 0 amide bonds. The molecule has 1 heterocycles. The maximum atomic E-state index is 12.5. The zero-order chi connectivity index (χ0) is 13.5. The van der Waals surface area contributed by atoms with Gasteiger partial charge in [0.2, 0.25) is 0 Å². The van der Waals surface area contributed by atoms with Gasteiger partial charge in [-0.3, -0.25) is 0 Å². The van der Waals surface area contributed by atoms with E-state index in [-0.39, 0.29) is 10.2 Å². The highest BCUT2D eigenvalue weighted by atomic mass is 35.5. The normalized spacial score (nSPS) is 11.9. The van der Waals surface area contributed by atoms with Crippen molar-refractivity contribution in [2.45, 2.75) is 13.1 Å². The van der Waals surface area contributed by atoms with Crippen LogP contribution >= 0.6 is 23.2 Å². The quantitative estimate of drug-likeness (QED) is 0.757. The Morgan fingerprint density at radius 3 is 2.28 bits per heavy atom. The Balaban J connectivity index is 2.51. The number of halogens is 5. The summed E-state index contributed by atoms with van der Waals surface area (Å²) in [6.45, 7) is 1.73. The first-order chi connectivity index (χ1) is 8.29. The van der Waals surface area contributed by atoms with Crippen molar-refractivity contribution in [3.8, 4) is 5.69 Å². The van der Waals surface area contributed by atoms with Gasteiger partial charge in [-0.2, -0.15) is 18.3 Å². The van der Waals surface area contributed by atoms with Crippen molar-refractivity contribution in [1.29, 1.82) is 0 Å². The Kier molecular flexibility index (Phi) is 3.29. The highest BCUT2D eigenvalue weighted by Crippen LogP contribution is 2.33. The average Bonchev–Trinajstić information content (AvgIpc) is 2.56. The number of aryl methyl sites for hydroxylation is 1. The van der Waals surface area contributed by atoms with Crippen LogP contribution in [0.4, 0.5) is 13.2 Å². The first kappa shape index (κ1) is 13.2. The van der Waals surface area contributed by atoms with E-state index < -0.39 is 11.7 Å². The lowest BCUT2D eigenvalue weighted by atomic mass is 10.2. The van der Waals surface area contributed by atoms with E-state index in [2.05, 4.69) is 5.10 Å². The second-order valence-electron chi connectivity index (χ2n) is 3.68. The summed E-state index contributed by atoms with van der Waals surface area (Å²) in [6, 6.07) is 4.68. The third-order valence-corrected chi connectivity index (χ3v) is 2.85. The number of aromatic nitrogens is 2. The first-order valence-corrected chi connectivity index (χ1v) is 5.64. The van der Waals surface area contributed by atoms with Crippen molar-refractivity contribution >= 4 is 23.2 Å². The second-order valence-corrected chi connectivity index (χ2v) is 4.48. The van der Waals surface area contributed by atoms with Crippen LogP contribution in [0.1, 0.15) is 11.3 Å². The molecule has 7 heteroatoms. The van der Waals surface area contributed by atoms with Crippen LogP contribution in [0.25, 0.3) is 5.69 Å². The van der Waals surface area contributed by atoms with Crippen LogP contribution in [-0.2, 0) is 6.18 Å². The summed E-state index contributed by atoms with van der Waals surface area (Å²) in [4.78, 5) is 0. The molecule has 0 atom stereocenters. The molecule has 0 saturated carbocycles. The molecule has 0 fully saturated rings. The van der Waals surface area contributed by atoms with Crippen LogP contribution in [0.3, 0.4) is 0 Å². The Morgan fingerprint density at radius 2 is 1.83 bits per heavy atom. The van der Waals surface area contributed by atoms with E-state index in [0.29, 0.717) is 11.4 Å². The van der Waals surface area contributed by atoms with Crippen LogP contribution in [0.5, 0.6) is 0 Å². The Labute approximate surface area is 111 Å². The fraction of sp³-hybridized carbons (Fsp3) is 0.182. The van der Waals surface area contributed by atoms with Crippen molar-refractivity contribution in [3.63, 3.8) is 0 Å². The molecule has 2 rings (SSSR count). The minimum atomic E-state index is -4.42. The molecule has 0 aliphatic heterocycles. The van der Waals surface area contributed by atoms with Crippen LogP contribution in [0, 0.1) is 6.92 Å². The summed E-state index contributed by atoms with van der Waals surface area (Å²) in [5.41, 5.74) is 0.239. The van der Waals surface area contributed by atoms with Crippen molar-refractivity contribution < 1.29 is 13.2 Å². The summed E-state index contributed by atoms with van der Waals surface area (Å²) >= 11 is 11.6. The van der Waals surface area contributed by atoms with Crippen molar-refractivity contribution in [2.24, 2.45) is 0 Å². The average molecular weight is 295 g/mol. The first-order valence-electron chi connectivity index (χ1n) is 4.88. The van der Waals surface area contributed by atoms with Gasteiger partial charge in [0, 0.05) is 5.69 Å². The van der Waals surface area contributed by atoms with Crippen molar-refractivity contribution in [1.82, 2.24) is 9.78 Å². The molecule has 2 aromatic rings. The molecular formula is C11H7Cl2F3N2. The molecule has 0 saturated heterocycles. The van der Waals surface area contributed by atoms with Gasteiger partial charge < -0.3 is 0 Å². The Bertz CT molecular complexity index is 590. The highest BCUT2D eigenvalue weighted by molar-refractivity contribution is 6.32. The smallest absolute Gasteiger partial charge is 0.235 e. The molecule has 0 spiro atoms. The number of rotatable bonds is 1. The van der Waals surface area contributed by atoms with Crippen LogP contribution in [0.15, 0.2) is 24.3 Å². The van der Waals surface area contributed by atoms with Gasteiger partial charge in [-0.1, -0.05) is 23.2 Å². The van der Waals surface area contributed by atoms with Gasteiger partial charge >= 0.3 is 6.18 Å². The van der Waals surface area contributed by atoms with Gasteiger partial charge in [0.15, 0.2) is 5.15 Å². The lowest BCUT2D eigenvalue weighted by Gasteiger charge is -2.10. The molecule has 0 aliphatic carbocycles. The number of nitrogens with zero attached hydrogens (tertiary/aromatic N) is 2. The second kappa shape index (κ2) is 4.48. The zero-order valence-corrected chi connectivity index (χ0v) is 10.6. The summed E-state index contributed by atoms with van der Waals surface area (Å²) in [6.07, 6.45) is -4.42. The van der Waals surface area contributed by atoms with E-state index in [4.69, 9.17) is 23.2 Å². The molecule has 1 aromatic carbocycles. The standard InChI is InChI=1S/C11H7Cl2F3N2/c1-6-4-10(13)17-18(6)9-3-2-7(5-8(9)12)11(14,15)16/h2-5H,1H3. The lowest BCUT2D eigenvalue weighted by Crippen LogP contribution is -2.06. The molecule has 0 radical (unpaired) electrons. The van der Waals surface area contributed by atoms with Crippen LogP contribution in [0.2, 0.25) is 10.2 Å². The van der Waals surface area contributed by atoms with Gasteiger partial charge in [0.05, 0.1) is 16.3 Å². The van der Waals surface area contributed by atoms with Crippen molar-refractivity contribution in [2.75, 3.05) is 0 Å².